The summed E-state index contributed by atoms with van der Waals surface area (Å²) in [5.41, 5.74) is 0. The number of hydrogen-bond donors (Lipinski definition) is 2. The molecule has 0 spiro atoms. The summed E-state index contributed by atoms with van der Waals surface area (Å²) >= 11 is 5.65. The predicted octanol–water partition coefficient (Wildman–Crippen LogP) is 2.20. The maximum atomic E-state index is 13.5. The normalized spacial score (nSPS) is 18.9. The van der Waals surface area contributed by atoms with Crippen molar-refractivity contribution in [3.05, 3.63) is 29.0 Å². The predicted molar refractivity (Wildman–Crippen MR) is 72.9 cm³/mol. The van der Waals surface area contributed by atoms with Gasteiger partial charge in [-0.1, -0.05) is 11.6 Å². The monoisotopic (exact) mass is 302 g/mol. The van der Waals surface area contributed by atoms with E-state index in [1.165, 1.54) is 17.0 Å². The van der Waals surface area contributed by atoms with Gasteiger partial charge in [0.2, 0.25) is 0 Å². The molecule has 5 nitrogen and oxygen atoms in total. The number of halogens is 2. The summed E-state index contributed by atoms with van der Waals surface area (Å²) in [7, 11) is 0. The second kappa shape index (κ2) is 6.76. The zero-order valence-corrected chi connectivity index (χ0v) is 11.6. The standard InChI is InChI=1S/C13H16ClFN2O3/c14-9-1-2-12(11(15)7-9)20-6-3-10-8-17(13(18)19)5-4-16-10/h1-2,7,10,16H,3-6,8H2,(H,18,19). The SMILES string of the molecule is O=C(O)N1CCNC(CCOc2ccc(Cl)cc2F)C1. The molecule has 1 heterocycles. The topological polar surface area (TPSA) is 61.8 Å². The number of nitrogens with zero attached hydrogens (tertiary/aromatic N) is 1. The lowest BCUT2D eigenvalue weighted by Crippen LogP contribution is -2.52. The van der Waals surface area contributed by atoms with E-state index in [-0.39, 0.29) is 11.8 Å². The number of benzene rings is 1. The van der Waals surface area contributed by atoms with Gasteiger partial charge in [0.25, 0.3) is 0 Å². The highest BCUT2D eigenvalue weighted by molar-refractivity contribution is 6.30. The van der Waals surface area contributed by atoms with E-state index >= 15 is 0 Å². The minimum atomic E-state index is -0.916. The third kappa shape index (κ3) is 3.98. The molecule has 20 heavy (non-hydrogen) atoms. The summed E-state index contributed by atoms with van der Waals surface area (Å²) in [5.74, 6) is -0.346. The molecule has 1 aromatic rings. The van der Waals surface area contributed by atoms with Gasteiger partial charge >= 0.3 is 6.09 Å². The summed E-state index contributed by atoms with van der Waals surface area (Å²) in [5, 5.41) is 12.5. The van der Waals surface area contributed by atoms with Gasteiger partial charge in [-0.15, -0.1) is 0 Å². The number of carbonyl (C=O) groups is 1. The van der Waals surface area contributed by atoms with Gasteiger partial charge in [-0.25, -0.2) is 9.18 Å². The first-order valence-electron chi connectivity index (χ1n) is 6.35. The average Bonchev–Trinajstić information content (AvgIpc) is 2.41. The van der Waals surface area contributed by atoms with E-state index in [0.29, 0.717) is 37.7 Å². The Morgan fingerprint density at radius 1 is 1.60 bits per heavy atom. The minimum absolute atomic E-state index is 0.0233. The van der Waals surface area contributed by atoms with Crippen molar-refractivity contribution in [3.8, 4) is 5.75 Å². The largest absolute Gasteiger partial charge is 0.490 e. The molecule has 1 amide bonds. The molecule has 1 aromatic carbocycles. The summed E-state index contributed by atoms with van der Waals surface area (Å²) in [6.07, 6.45) is -0.313. The summed E-state index contributed by atoms with van der Waals surface area (Å²) in [6.45, 7) is 1.83. The lowest BCUT2D eigenvalue weighted by Gasteiger charge is -2.31. The number of carboxylic acid groups (broad SMARTS) is 1. The first-order valence-corrected chi connectivity index (χ1v) is 6.73. The van der Waals surface area contributed by atoms with Gasteiger partial charge in [-0.05, 0) is 24.6 Å². The number of amides is 1. The lowest BCUT2D eigenvalue weighted by molar-refractivity contribution is 0.124. The van der Waals surface area contributed by atoms with E-state index in [9.17, 15) is 9.18 Å². The van der Waals surface area contributed by atoms with Crippen LogP contribution in [-0.4, -0.2) is 48.4 Å². The number of piperazine rings is 1. The maximum absolute atomic E-state index is 13.5. The van der Waals surface area contributed by atoms with Crippen molar-refractivity contribution in [1.29, 1.82) is 0 Å². The van der Waals surface area contributed by atoms with E-state index in [1.54, 1.807) is 6.07 Å². The van der Waals surface area contributed by atoms with Gasteiger partial charge in [0, 0.05) is 30.7 Å². The van der Waals surface area contributed by atoms with E-state index < -0.39 is 11.9 Å². The van der Waals surface area contributed by atoms with Crippen LogP contribution in [0.4, 0.5) is 9.18 Å². The molecule has 2 N–H and O–H groups in total. The quantitative estimate of drug-likeness (QED) is 0.895. The number of rotatable bonds is 4. The van der Waals surface area contributed by atoms with Crippen molar-refractivity contribution in [3.63, 3.8) is 0 Å². The molecular formula is C13H16ClFN2O3. The molecule has 2 rings (SSSR count). The molecule has 1 unspecified atom stereocenters. The first kappa shape index (κ1) is 14.9. The Labute approximate surface area is 121 Å². The highest BCUT2D eigenvalue weighted by atomic mass is 35.5. The van der Waals surface area contributed by atoms with Crippen LogP contribution in [-0.2, 0) is 0 Å². The second-order valence-electron chi connectivity index (χ2n) is 4.59. The Morgan fingerprint density at radius 2 is 2.40 bits per heavy atom. The van der Waals surface area contributed by atoms with E-state index in [0.717, 1.165) is 0 Å². The van der Waals surface area contributed by atoms with E-state index in [2.05, 4.69) is 5.32 Å². The van der Waals surface area contributed by atoms with Crippen molar-refractivity contribution >= 4 is 17.7 Å². The molecule has 1 atom stereocenters. The van der Waals surface area contributed by atoms with Crippen LogP contribution in [0.1, 0.15) is 6.42 Å². The van der Waals surface area contributed by atoms with Gasteiger partial charge in [0.15, 0.2) is 11.6 Å². The van der Waals surface area contributed by atoms with Crippen LogP contribution in [0, 0.1) is 5.82 Å². The van der Waals surface area contributed by atoms with Crippen molar-refractivity contribution in [1.82, 2.24) is 10.2 Å². The van der Waals surface area contributed by atoms with Crippen molar-refractivity contribution in [2.24, 2.45) is 0 Å². The van der Waals surface area contributed by atoms with E-state index in [4.69, 9.17) is 21.4 Å². The fraction of sp³-hybridized carbons (Fsp3) is 0.462. The summed E-state index contributed by atoms with van der Waals surface area (Å²) < 4.78 is 18.8. The average molecular weight is 303 g/mol. The van der Waals surface area contributed by atoms with Crippen molar-refractivity contribution in [2.75, 3.05) is 26.2 Å². The molecule has 0 saturated carbocycles. The number of ether oxygens (including phenoxy) is 1. The highest BCUT2D eigenvalue weighted by Crippen LogP contribution is 2.21. The molecule has 1 aliphatic rings. The van der Waals surface area contributed by atoms with Gasteiger partial charge in [0.1, 0.15) is 0 Å². The Hall–Kier alpha value is -1.53. The smallest absolute Gasteiger partial charge is 0.407 e. The molecule has 1 fully saturated rings. The third-order valence-electron chi connectivity index (χ3n) is 3.14. The Bertz CT molecular complexity index is 487. The zero-order chi connectivity index (χ0) is 14.5. The van der Waals surface area contributed by atoms with Crippen LogP contribution in [0.25, 0.3) is 0 Å². The van der Waals surface area contributed by atoms with Crippen LogP contribution in [0.3, 0.4) is 0 Å². The summed E-state index contributed by atoms with van der Waals surface area (Å²) in [4.78, 5) is 12.2. The molecule has 1 saturated heterocycles. The fourth-order valence-electron chi connectivity index (χ4n) is 2.10. The van der Waals surface area contributed by atoms with Crippen molar-refractivity contribution < 1.29 is 19.0 Å². The molecule has 7 heteroatoms. The second-order valence-corrected chi connectivity index (χ2v) is 5.03. The van der Waals surface area contributed by atoms with Crippen LogP contribution in [0.15, 0.2) is 18.2 Å². The maximum Gasteiger partial charge on any atom is 0.407 e. The van der Waals surface area contributed by atoms with Gasteiger partial charge < -0.3 is 20.1 Å². The molecule has 0 aliphatic carbocycles. The van der Waals surface area contributed by atoms with Crippen LogP contribution in [0.5, 0.6) is 5.75 Å². The molecule has 1 aliphatic heterocycles. The number of nitrogens with one attached hydrogen (secondary N) is 1. The zero-order valence-electron chi connectivity index (χ0n) is 10.8. The summed E-state index contributed by atoms with van der Waals surface area (Å²) in [6, 6.07) is 4.26. The first-order chi connectivity index (χ1) is 9.56. The van der Waals surface area contributed by atoms with Crippen molar-refractivity contribution in [2.45, 2.75) is 12.5 Å². The van der Waals surface area contributed by atoms with Crippen LogP contribution >= 0.6 is 11.6 Å². The highest BCUT2D eigenvalue weighted by Gasteiger charge is 2.22. The van der Waals surface area contributed by atoms with Gasteiger partial charge in [0.05, 0.1) is 6.61 Å². The Balaban J connectivity index is 1.79. The minimum Gasteiger partial charge on any atom is -0.490 e. The lowest BCUT2D eigenvalue weighted by atomic mass is 10.1. The van der Waals surface area contributed by atoms with Gasteiger partial charge in [-0.2, -0.15) is 0 Å². The fourth-order valence-corrected chi connectivity index (χ4v) is 2.25. The molecule has 0 aromatic heterocycles. The third-order valence-corrected chi connectivity index (χ3v) is 3.38. The molecular weight excluding hydrogens is 287 g/mol. The van der Waals surface area contributed by atoms with Crippen LogP contribution in [0.2, 0.25) is 5.02 Å². The Kier molecular flexibility index (Phi) is 5.03. The van der Waals surface area contributed by atoms with Gasteiger partial charge in [-0.3, -0.25) is 0 Å². The van der Waals surface area contributed by atoms with Crippen LogP contribution < -0.4 is 10.1 Å². The van der Waals surface area contributed by atoms with E-state index in [1.807, 2.05) is 0 Å². The molecule has 0 radical (unpaired) electrons. The Morgan fingerprint density at radius 3 is 3.10 bits per heavy atom. The number of hydrogen-bond acceptors (Lipinski definition) is 3. The molecule has 110 valence electrons. The molecule has 0 bridgehead atoms.